The van der Waals surface area contributed by atoms with E-state index in [1.54, 1.807) is 24.8 Å². The minimum atomic E-state index is -3.81. The van der Waals surface area contributed by atoms with E-state index in [1.165, 1.54) is 6.07 Å². The molecule has 1 aromatic rings. The van der Waals surface area contributed by atoms with Gasteiger partial charge in [0.05, 0.1) is 6.61 Å². The molecule has 1 rings (SSSR count). The molecule has 0 radical (unpaired) electrons. The maximum Gasteiger partial charge on any atom is 0.265 e. The normalized spacial score (nSPS) is 11.6. The van der Waals surface area contributed by atoms with Crippen molar-refractivity contribution in [1.29, 1.82) is 0 Å². The van der Waals surface area contributed by atoms with Crippen molar-refractivity contribution in [2.75, 3.05) is 18.6 Å². The number of benzene rings is 1. The Labute approximate surface area is 125 Å². The number of aryl methyl sites for hydroxylation is 1. The molecule has 0 spiro atoms. The molecule has 0 heterocycles. The Kier molecular flexibility index (Phi) is 6.30. The maximum absolute atomic E-state index is 11.5. The lowest BCUT2D eigenvalue weighted by Crippen LogP contribution is -2.04. The maximum atomic E-state index is 11.5. The summed E-state index contributed by atoms with van der Waals surface area (Å²) in [6.07, 6.45) is 2.87. The molecule has 0 atom stereocenters. The summed E-state index contributed by atoms with van der Waals surface area (Å²) in [5, 5.41) is 0. The predicted molar refractivity (Wildman–Crippen MR) is 80.4 cm³/mol. The summed E-state index contributed by atoms with van der Waals surface area (Å²) >= 11 is 4.97. The van der Waals surface area contributed by atoms with Crippen LogP contribution in [-0.4, -0.2) is 27.0 Å². The van der Waals surface area contributed by atoms with Gasteiger partial charge in [-0.05, 0) is 43.0 Å². The van der Waals surface area contributed by atoms with E-state index in [4.69, 9.17) is 15.4 Å². The van der Waals surface area contributed by atoms with Crippen LogP contribution >= 0.6 is 38.4 Å². The monoisotopic (exact) mass is 372 g/mol. The van der Waals surface area contributed by atoms with E-state index >= 15 is 0 Å². The van der Waals surface area contributed by atoms with Crippen LogP contribution in [0.25, 0.3) is 0 Å². The quantitative estimate of drug-likeness (QED) is 0.561. The van der Waals surface area contributed by atoms with E-state index < -0.39 is 9.05 Å². The molecule has 0 saturated carbocycles. The highest BCUT2D eigenvalue weighted by atomic mass is 79.9. The second kappa shape index (κ2) is 7.03. The Morgan fingerprint density at radius 2 is 2.11 bits per heavy atom. The Hall–Kier alpha value is 0.0900. The number of hydrogen-bond acceptors (Lipinski definition) is 4. The molecular weight excluding hydrogens is 360 g/mol. The van der Waals surface area contributed by atoms with Gasteiger partial charge in [0.25, 0.3) is 9.05 Å². The van der Waals surface area contributed by atoms with Gasteiger partial charge in [-0.3, -0.25) is 0 Å². The first kappa shape index (κ1) is 16.1. The zero-order valence-corrected chi connectivity index (χ0v) is 14.0. The van der Waals surface area contributed by atoms with Gasteiger partial charge in [0.15, 0.2) is 0 Å². The van der Waals surface area contributed by atoms with Crippen LogP contribution in [0.4, 0.5) is 0 Å². The molecule has 102 valence electrons. The van der Waals surface area contributed by atoms with E-state index in [2.05, 4.69) is 15.9 Å². The zero-order valence-electron chi connectivity index (χ0n) is 10.1. The lowest BCUT2D eigenvalue weighted by molar-refractivity contribution is 0.308. The highest BCUT2D eigenvalue weighted by Crippen LogP contribution is 2.33. The smallest absolute Gasteiger partial charge is 0.265 e. The fourth-order valence-electron chi connectivity index (χ4n) is 1.44. The first-order chi connectivity index (χ1) is 8.36. The van der Waals surface area contributed by atoms with Gasteiger partial charge in [-0.15, -0.1) is 0 Å². The summed E-state index contributed by atoms with van der Waals surface area (Å²) in [5.74, 6) is 1.31. The van der Waals surface area contributed by atoms with Crippen LogP contribution in [0.3, 0.4) is 0 Å². The van der Waals surface area contributed by atoms with Crippen molar-refractivity contribution in [2.45, 2.75) is 18.2 Å². The van der Waals surface area contributed by atoms with E-state index in [0.717, 1.165) is 17.7 Å². The van der Waals surface area contributed by atoms with Gasteiger partial charge < -0.3 is 4.74 Å². The number of thioether (sulfide) groups is 1. The molecule has 3 nitrogen and oxygen atoms in total. The van der Waals surface area contributed by atoms with Crippen LogP contribution < -0.4 is 4.74 Å². The Morgan fingerprint density at radius 3 is 2.67 bits per heavy atom. The van der Waals surface area contributed by atoms with Crippen LogP contribution in [-0.2, 0) is 9.05 Å². The summed E-state index contributed by atoms with van der Waals surface area (Å²) in [6, 6.07) is 3.26. The fourth-order valence-corrected chi connectivity index (χ4v) is 3.63. The van der Waals surface area contributed by atoms with E-state index in [-0.39, 0.29) is 4.90 Å². The summed E-state index contributed by atoms with van der Waals surface area (Å²) in [5.41, 5.74) is 0.743. The molecule has 7 heteroatoms. The lowest BCUT2D eigenvalue weighted by Gasteiger charge is -2.13. The van der Waals surface area contributed by atoms with Crippen molar-refractivity contribution >= 4 is 47.4 Å². The average molecular weight is 374 g/mol. The molecule has 0 fully saturated rings. The van der Waals surface area contributed by atoms with Crippen molar-refractivity contribution < 1.29 is 13.2 Å². The van der Waals surface area contributed by atoms with Crippen LogP contribution in [0.1, 0.15) is 12.0 Å². The second-order valence-corrected chi connectivity index (χ2v) is 8.12. The second-order valence-electron chi connectivity index (χ2n) is 3.68. The minimum Gasteiger partial charge on any atom is -0.492 e. The lowest BCUT2D eigenvalue weighted by atomic mass is 10.2. The van der Waals surface area contributed by atoms with Gasteiger partial charge in [-0.25, -0.2) is 8.42 Å². The topological polar surface area (TPSA) is 43.4 Å². The Morgan fingerprint density at radius 1 is 1.44 bits per heavy atom. The molecule has 0 amide bonds. The molecule has 0 aliphatic carbocycles. The SMILES string of the molecule is CSCCCOc1c(C)cc(Br)cc1S(=O)(=O)Cl. The molecule has 0 aliphatic rings. The molecule has 0 bridgehead atoms. The highest BCUT2D eigenvalue weighted by molar-refractivity contribution is 9.10. The summed E-state index contributed by atoms with van der Waals surface area (Å²) in [7, 11) is 1.61. The van der Waals surface area contributed by atoms with Crippen LogP contribution in [0.5, 0.6) is 5.75 Å². The predicted octanol–water partition coefficient (Wildman–Crippen LogP) is 3.82. The first-order valence-electron chi connectivity index (χ1n) is 5.23. The minimum absolute atomic E-state index is 0.0141. The number of halogens is 2. The van der Waals surface area contributed by atoms with Gasteiger partial charge in [0.1, 0.15) is 10.6 Å². The van der Waals surface area contributed by atoms with Gasteiger partial charge >= 0.3 is 0 Å². The molecule has 0 N–H and O–H groups in total. The van der Waals surface area contributed by atoms with E-state index in [9.17, 15) is 8.42 Å². The third-order valence-corrected chi connectivity index (χ3v) is 4.69. The molecule has 0 aliphatic heterocycles. The van der Waals surface area contributed by atoms with Crippen LogP contribution in [0.15, 0.2) is 21.5 Å². The molecule has 0 saturated heterocycles. The average Bonchev–Trinajstić information content (AvgIpc) is 2.24. The molecule has 0 unspecified atom stereocenters. The van der Waals surface area contributed by atoms with Crippen molar-refractivity contribution in [2.24, 2.45) is 0 Å². The molecule has 18 heavy (non-hydrogen) atoms. The van der Waals surface area contributed by atoms with Gasteiger partial charge in [0.2, 0.25) is 0 Å². The molecular formula is C11H14BrClO3S2. The Balaban J connectivity index is 3.02. The van der Waals surface area contributed by atoms with Crippen molar-refractivity contribution in [3.8, 4) is 5.75 Å². The van der Waals surface area contributed by atoms with Crippen LogP contribution in [0.2, 0.25) is 0 Å². The fraction of sp³-hybridized carbons (Fsp3) is 0.455. The third kappa shape index (κ3) is 4.64. The largest absolute Gasteiger partial charge is 0.492 e. The third-order valence-electron chi connectivity index (χ3n) is 2.21. The van der Waals surface area contributed by atoms with Crippen molar-refractivity contribution in [1.82, 2.24) is 0 Å². The first-order valence-corrected chi connectivity index (χ1v) is 9.72. The zero-order chi connectivity index (χ0) is 13.8. The van der Waals surface area contributed by atoms with Gasteiger partial charge in [-0.1, -0.05) is 15.9 Å². The molecule has 0 aromatic heterocycles. The number of rotatable bonds is 6. The summed E-state index contributed by atoms with van der Waals surface area (Å²) in [6.45, 7) is 2.27. The van der Waals surface area contributed by atoms with Crippen LogP contribution in [0, 0.1) is 6.92 Å². The highest BCUT2D eigenvalue weighted by Gasteiger charge is 2.19. The standard InChI is InChI=1S/C11H14BrClO3S2/c1-8-6-9(12)7-10(18(13,14)15)11(8)16-4-3-5-17-2/h6-7H,3-5H2,1-2H3. The van der Waals surface area contributed by atoms with E-state index in [0.29, 0.717) is 16.8 Å². The van der Waals surface area contributed by atoms with E-state index in [1.807, 2.05) is 6.26 Å². The molecule has 1 aromatic carbocycles. The number of ether oxygens (including phenoxy) is 1. The van der Waals surface area contributed by atoms with Crippen molar-refractivity contribution in [3.63, 3.8) is 0 Å². The summed E-state index contributed by atoms with van der Waals surface area (Å²) < 4.78 is 29.2. The summed E-state index contributed by atoms with van der Waals surface area (Å²) in [4.78, 5) is 0.0141. The van der Waals surface area contributed by atoms with Gasteiger partial charge in [-0.2, -0.15) is 11.8 Å². The van der Waals surface area contributed by atoms with Gasteiger partial charge in [0, 0.05) is 15.2 Å². The number of hydrogen-bond donors (Lipinski definition) is 0. The Bertz CT molecular complexity index is 517. The van der Waals surface area contributed by atoms with Crippen molar-refractivity contribution in [3.05, 3.63) is 22.2 Å².